The molecule has 0 saturated carbocycles. The lowest BCUT2D eigenvalue weighted by molar-refractivity contribution is 0.00490. The van der Waals surface area contributed by atoms with Crippen molar-refractivity contribution in [3.8, 4) is 0 Å². The first-order chi connectivity index (χ1) is 9.38. The lowest BCUT2D eigenvalue weighted by Gasteiger charge is -2.31. The Morgan fingerprint density at radius 3 is 2.60 bits per heavy atom. The molecule has 0 aliphatic carbocycles. The van der Waals surface area contributed by atoms with Crippen molar-refractivity contribution in [3.63, 3.8) is 0 Å². The number of aliphatic hydroxyl groups is 1. The standard InChI is InChI=1S/C16H23NO3/c1-16(2,3)20-15(19)17-11-7-10-13(17)14(18)12-8-5-4-6-9-12/h4-6,8-9,13-14,18H,7,10-11H2,1-3H3/t13-,14+/m0/s1. The SMILES string of the molecule is CC(C)(C)OC(=O)N1CCC[C@H]1[C@H](O)c1ccccc1. The Morgan fingerprint density at radius 2 is 2.00 bits per heavy atom. The van der Waals surface area contributed by atoms with Crippen LogP contribution in [-0.2, 0) is 4.74 Å². The number of rotatable bonds is 2. The van der Waals surface area contributed by atoms with Gasteiger partial charge in [-0.05, 0) is 39.2 Å². The van der Waals surface area contributed by atoms with Crippen LogP contribution in [-0.4, -0.2) is 34.3 Å². The first kappa shape index (κ1) is 14.9. The smallest absolute Gasteiger partial charge is 0.410 e. The Kier molecular flexibility index (Phi) is 4.33. The molecule has 1 aliphatic heterocycles. The van der Waals surface area contributed by atoms with Crippen LogP contribution in [0.1, 0.15) is 45.3 Å². The summed E-state index contributed by atoms with van der Waals surface area (Å²) >= 11 is 0. The number of carbonyl (C=O) groups is 1. The van der Waals surface area contributed by atoms with Crippen LogP contribution >= 0.6 is 0 Å². The molecule has 110 valence electrons. The largest absolute Gasteiger partial charge is 0.444 e. The van der Waals surface area contributed by atoms with Gasteiger partial charge in [-0.1, -0.05) is 30.3 Å². The van der Waals surface area contributed by atoms with Crippen molar-refractivity contribution in [3.05, 3.63) is 35.9 Å². The summed E-state index contributed by atoms with van der Waals surface area (Å²) in [7, 11) is 0. The van der Waals surface area contributed by atoms with Crippen LogP contribution in [0.15, 0.2) is 30.3 Å². The highest BCUT2D eigenvalue weighted by molar-refractivity contribution is 5.69. The van der Waals surface area contributed by atoms with Crippen LogP contribution in [0.2, 0.25) is 0 Å². The lowest BCUT2D eigenvalue weighted by atomic mass is 10.0. The Hall–Kier alpha value is -1.55. The molecule has 1 fully saturated rings. The summed E-state index contributed by atoms with van der Waals surface area (Å²) in [6, 6.07) is 9.27. The van der Waals surface area contributed by atoms with E-state index >= 15 is 0 Å². The Balaban J connectivity index is 2.09. The van der Waals surface area contributed by atoms with E-state index in [1.807, 2.05) is 51.1 Å². The fraction of sp³-hybridized carbons (Fsp3) is 0.562. The van der Waals surface area contributed by atoms with E-state index < -0.39 is 11.7 Å². The average molecular weight is 277 g/mol. The van der Waals surface area contributed by atoms with E-state index in [2.05, 4.69) is 0 Å². The highest BCUT2D eigenvalue weighted by Gasteiger charge is 2.36. The zero-order valence-corrected chi connectivity index (χ0v) is 12.4. The predicted molar refractivity (Wildman–Crippen MR) is 77.4 cm³/mol. The number of amides is 1. The summed E-state index contributed by atoms with van der Waals surface area (Å²) in [6.07, 6.45) is 0.699. The molecule has 1 heterocycles. The van der Waals surface area contributed by atoms with Gasteiger partial charge in [-0.25, -0.2) is 4.79 Å². The van der Waals surface area contributed by atoms with Crippen molar-refractivity contribution in [1.29, 1.82) is 0 Å². The highest BCUT2D eigenvalue weighted by atomic mass is 16.6. The second kappa shape index (κ2) is 5.83. The molecule has 0 unspecified atom stereocenters. The number of benzene rings is 1. The van der Waals surface area contributed by atoms with Gasteiger partial charge in [-0.2, -0.15) is 0 Å². The van der Waals surface area contributed by atoms with Crippen LogP contribution in [0.5, 0.6) is 0 Å². The van der Waals surface area contributed by atoms with E-state index in [1.54, 1.807) is 4.90 Å². The van der Waals surface area contributed by atoms with Crippen molar-refractivity contribution in [2.24, 2.45) is 0 Å². The average Bonchev–Trinajstić information content (AvgIpc) is 2.86. The third-order valence-corrected chi connectivity index (χ3v) is 3.43. The maximum Gasteiger partial charge on any atom is 0.410 e. The summed E-state index contributed by atoms with van der Waals surface area (Å²) in [4.78, 5) is 13.9. The van der Waals surface area contributed by atoms with Crippen LogP contribution < -0.4 is 0 Å². The molecular weight excluding hydrogens is 254 g/mol. The molecular formula is C16H23NO3. The minimum absolute atomic E-state index is 0.202. The normalized spacial score (nSPS) is 20.8. The van der Waals surface area contributed by atoms with Gasteiger partial charge in [-0.15, -0.1) is 0 Å². The third kappa shape index (κ3) is 3.51. The van der Waals surface area contributed by atoms with Gasteiger partial charge < -0.3 is 14.7 Å². The van der Waals surface area contributed by atoms with E-state index in [0.29, 0.717) is 6.54 Å². The third-order valence-electron chi connectivity index (χ3n) is 3.43. The van der Waals surface area contributed by atoms with Gasteiger partial charge in [-0.3, -0.25) is 0 Å². The summed E-state index contributed by atoms with van der Waals surface area (Å²) in [6.45, 7) is 6.19. The molecule has 1 saturated heterocycles. The molecule has 20 heavy (non-hydrogen) atoms. The molecule has 2 rings (SSSR count). The highest BCUT2D eigenvalue weighted by Crippen LogP contribution is 2.30. The Bertz CT molecular complexity index is 453. The molecule has 2 atom stereocenters. The second-order valence-electron chi connectivity index (χ2n) is 6.24. The van der Waals surface area contributed by atoms with Gasteiger partial charge >= 0.3 is 6.09 Å². The van der Waals surface area contributed by atoms with Gasteiger partial charge in [0, 0.05) is 6.54 Å². The molecule has 0 radical (unpaired) electrons. The van der Waals surface area contributed by atoms with Crippen molar-refractivity contribution in [2.45, 2.75) is 51.4 Å². The van der Waals surface area contributed by atoms with Gasteiger partial charge in [0.05, 0.1) is 12.1 Å². The van der Waals surface area contributed by atoms with Crippen molar-refractivity contribution in [1.82, 2.24) is 4.90 Å². The first-order valence-corrected chi connectivity index (χ1v) is 7.11. The van der Waals surface area contributed by atoms with Crippen LogP contribution in [0.3, 0.4) is 0 Å². The monoisotopic (exact) mass is 277 g/mol. The summed E-state index contributed by atoms with van der Waals surface area (Å²) in [5.74, 6) is 0. The molecule has 1 N–H and O–H groups in total. The zero-order valence-electron chi connectivity index (χ0n) is 12.4. The van der Waals surface area contributed by atoms with E-state index in [1.165, 1.54) is 0 Å². The predicted octanol–water partition coefficient (Wildman–Crippen LogP) is 3.12. The molecule has 1 aliphatic rings. The second-order valence-corrected chi connectivity index (χ2v) is 6.24. The van der Waals surface area contributed by atoms with Crippen LogP contribution in [0, 0.1) is 0 Å². The van der Waals surface area contributed by atoms with Crippen molar-refractivity contribution in [2.75, 3.05) is 6.54 Å². The van der Waals surface area contributed by atoms with E-state index in [-0.39, 0.29) is 12.1 Å². The number of nitrogens with zero attached hydrogens (tertiary/aromatic N) is 1. The van der Waals surface area contributed by atoms with Gasteiger partial charge in [0.1, 0.15) is 5.60 Å². The quantitative estimate of drug-likeness (QED) is 0.903. The number of aliphatic hydroxyl groups excluding tert-OH is 1. The number of hydrogen-bond acceptors (Lipinski definition) is 3. The van der Waals surface area contributed by atoms with Gasteiger partial charge in [0.2, 0.25) is 0 Å². The maximum atomic E-state index is 12.2. The molecule has 4 nitrogen and oxygen atoms in total. The number of ether oxygens (including phenoxy) is 1. The zero-order chi connectivity index (χ0) is 14.8. The van der Waals surface area contributed by atoms with E-state index in [9.17, 15) is 9.90 Å². The number of hydrogen-bond donors (Lipinski definition) is 1. The molecule has 0 bridgehead atoms. The molecule has 4 heteroatoms. The maximum absolute atomic E-state index is 12.2. The number of carbonyl (C=O) groups excluding carboxylic acids is 1. The Morgan fingerprint density at radius 1 is 1.35 bits per heavy atom. The van der Waals surface area contributed by atoms with Crippen molar-refractivity contribution < 1.29 is 14.6 Å². The minimum atomic E-state index is -0.661. The molecule has 0 spiro atoms. The molecule has 0 aromatic heterocycles. The van der Waals surface area contributed by atoms with Gasteiger partial charge in [0.15, 0.2) is 0 Å². The molecule has 1 aromatic carbocycles. The van der Waals surface area contributed by atoms with Crippen LogP contribution in [0.4, 0.5) is 4.79 Å². The fourth-order valence-electron chi connectivity index (χ4n) is 2.54. The number of likely N-dealkylation sites (tertiary alicyclic amines) is 1. The molecule has 1 amide bonds. The van der Waals surface area contributed by atoms with Gasteiger partial charge in [0.25, 0.3) is 0 Å². The van der Waals surface area contributed by atoms with Crippen LogP contribution in [0.25, 0.3) is 0 Å². The first-order valence-electron chi connectivity index (χ1n) is 7.11. The van der Waals surface area contributed by atoms with Crippen molar-refractivity contribution >= 4 is 6.09 Å². The van der Waals surface area contributed by atoms with E-state index in [4.69, 9.17) is 4.74 Å². The lowest BCUT2D eigenvalue weighted by Crippen LogP contribution is -2.42. The Labute approximate surface area is 120 Å². The topological polar surface area (TPSA) is 49.8 Å². The molecule has 1 aromatic rings. The summed E-state index contributed by atoms with van der Waals surface area (Å²) in [5, 5.41) is 10.5. The fourth-order valence-corrected chi connectivity index (χ4v) is 2.54. The summed E-state index contributed by atoms with van der Waals surface area (Å²) < 4.78 is 5.41. The van der Waals surface area contributed by atoms with E-state index in [0.717, 1.165) is 18.4 Å². The summed E-state index contributed by atoms with van der Waals surface area (Å²) in [5.41, 5.74) is 0.329. The minimum Gasteiger partial charge on any atom is -0.444 e.